The van der Waals surface area contributed by atoms with Crippen LogP contribution < -0.4 is 5.32 Å². The van der Waals surface area contributed by atoms with Crippen molar-refractivity contribution in [2.24, 2.45) is 0 Å². The molecule has 2 aromatic rings. The van der Waals surface area contributed by atoms with Crippen molar-refractivity contribution in [3.05, 3.63) is 70.2 Å². The quantitative estimate of drug-likeness (QED) is 0.932. The monoisotopic (exact) mass is 300 g/mol. The van der Waals surface area contributed by atoms with E-state index < -0.39 is 0 Å². The summed E-state index contributed by atoms with van der Waals surface area (Å²) in [5.41, 5.74) is 2.16. The second-order valence-corrected chi connectivity index (χ2v) is 4.90. The molecule has 18 heavy (non-hydrogen) atoms. The third kappa shape index (κ3) is 3.43. The lowest BCUT2D eigenvalue weighted by atomic mass is 10.1. The number of nitriles is 1. The Morgan fingerprint density at radius 1 is 1.06 bits per heavy atom. The van der Waals surface area contributed by atoms with E-state index in [0.717, 1.165) is 10.0 Å². The summed E-state index contributed by atoms with van der Waals surface area (Å²) in [6.07, 6.45) is 0. The van der Waals surface area contributed by atoms with E-state index in [1.54, 1.807) is 0 Å². The van der Waals surface area contributed by atoms with Gasteiger partial charge in [0.05, 0.1) is 6.07 Å². The lowest BCUT2D eigenvalue weighted by Gasteiger charge is -2.12. The van der Waals surface area contributed by atoms with Crippen LogP contribution in [-0.2, 0) is 6.54 Å². The molecule has 2 rings (SSSR count). The van der Waals surface area contributed by atoms with Crippen LogP contribution in [0.1, 0.15) is 17.2 Å². The number of rotatable bonds is 4. The van der Waals surface area contributed by atoms with Crippen molar-refractivity contribution in [3.8, 4) is 6.07 Å². The molecule has 0 radical (unpaired) electrons. The summed E-state index contributed by atoms with van der Waals surface area (Å²) in [6.45, 7) is 0.690. The van der Waals surface area contributed by atoms with Gasteiger partial charge >= 0.3 is 0 Å². The fraction of sp³-hybridized carbons (Fsp3) is 0.133. The third-order valence-corrected chi connectivity index (χ3v) is 3.21. The molecule has 1 unspecified atom stereocenters. The fourth-order valence-corrected chi connectivity index (χ4v) is 1.97. The van der Waals surface area contributed by atoms with Crippen molar-refractivity contribution in [3.63, 3.8) is 0 Å². The van der Waals surface area contributed by atoms with E-state index in [1.165, 1.54) is 5.56 Å². The topological polar surface area (TPSA) is 35.8 Å². The number of nitrogens with one attached hydrogen (secondary N) is 1. The molecule has 0 saturated carbocycles. The van der Waals surface area contributed by atoms with Gasteiger partial charge in [0, 0.05) is 11.0 Å². The van der Waals surface area contributed by atoms with E-state index in [2.05, 4.69) is 27.3 Å². The minimum absolute atomic E-state index is 0.279. The highest BCUT2D eigenvalue weighted by atomic mass is 79.9. The Morgan fingerprint density at radius 3 is 2.33 bits per heavy atom. The maximum atomic E-state index is 9.20. The summed E-state index contributed by atoms with van der Waals surface area (Å²) < 4.78 is 1.02. The Kier molecular flexibility index (Phi) is 4.52. The number of nitrogens with zero attached hydrogens (tertiary/aromatic N) is 1. The van der Waals surface area contributed by atoms with Crippen molar-refractivity contribution in [2.75, 3.05) is 0 Å². The molecule has 0 fully saturated rings. The zero-order chi connectivity index (χ0) is 12.8. The molecule has 0 heterocycles. The molecule has 2 aromatic carbocycles. The van der Waals surface area contributed by atoms with Crippen LogP contribution in [0.4, 0.5) is 0 Å². The number of hydrogen-bond donors (Lipinski definition) is 1. The fourth-order valence-electron chi connectivity index (χ4n) is 1.71. The lowest BCUT2D eigenvalue weighted by Crippen LogP contribution is -2.19. The average Bonchev–Trinajstić information content (AvgIpc) is 2.42. The van der Waals surface area contributed by atoms with Crippen LogP contribution in [-0.4, -0.2) is 0 Å². The number of hydrogen-bond acceptors (Lipinski definition) is 2. The summed E-state index contributed by atoms with van der Waals surface area (Å²) in [5.74, 6) is 0. The Labute approximate surface area is 115 Å². The summed E-state index contributed by atoms with van der Waals surface area (Å²) in [6, 6.07) is 19.9. The molecule has 1 N–H and O–H groups in total. The van der Waals surface area contributed by atoms with Crippen LogP contribution in [0.15, 0.2) is 59.1 Å². The first kappa shape index (κ1) is 12.8. The largest absolute Gasteiger partial charge is 0.294 e. The van der Waals surface area contributed by atoms with Gasteiger partial charge in [0.15, 0.2) is 0 Å². The number of halogens is 1. The molecular formula is C15H13BrN2. The van der Waals surface area contributed by atoms with Gasteiger partial charge in [-0.25, -0.2) is 0 Å². The van der Waals surface area contributed by atoms with Gasteiger partial charge in [-0.1, -0.05) is 58.4 Å². The summed E-state index contributed by atoms with van der Waals surface area (Å²) >= 11 is 3.39. The van der Waals surface area contributed by atoms with Crippen LogP contribution in [0, 0.1) is 11.3 Å². The van der Waals surface area contributed by atoms with Crippen LogP contribution >= 0.6 is 15.9 Å². The minimum atomic E-state index is -0.279. The van der Waals surface area contributed by atoms with Gasteiger partial charge in [-0.05, 0) is 23.3 Å². The minimum Gasteiger partial charge on any atom is -0.294 e. The maximum absolute atomic E-state index is 9.20. The summed E-state index contributed by atoms with van der Waals surface area (Å²) in [7, 11) is 0. The van der Waals surface area contributed by atoms with Crippen molar-refractivity contribution in [1.82, 2.24) is 5.32 Å². The van der Waals surface area contributed by atoms with Gasteiger partial charge < -0.3 is 0 Å². The Morgan fingerprint density at radius 2 is 1.72 bits per heavy atom. The number of benzene rings is 2. The molecule has 0 aromatic heterocycles. The highest BCUT2D eigenvalue weighted by Crippen LogP contribution is 2.16. The second kappa shape index (κ2) is 6.34. The molecule has 0 amide bonds. The standard InChI is InChI=1S/C15H13BrN2/c16-14-8-6-13(7-9-14)15(10-17)18-11-12-4-2-1-3-5-12/h1-9,15,18H,11H2. The normalized spacial score (nSPS) is 11.8. The van der Waals surface area contributed by atoms with Gasteiger partial charge in [0.1, 0.15) is 6.04 Å². The van der Waals surface area contributed by atoms with Gasteiger partial charge in [-0.3, -0.25) is 5.32 Å². The van der Waals surface area contributed by atoms with E-state index in [-0.39, 0.29) is 6.04 Å². The predicted octanol–water partition coefficient (Wildman–Crippen LogP) is 3.80. The average molecular weight is 301 g/mol. The maximum Gasteiger partial charge on any atom is 0.121 e. The molecule has 3 heteroatoms. The zero-order valence-electron chi connectivity index (χ0n) is 9.81. The lowest BCUT2D eigenvalue weighted by molar-refractivity contribution is 0.630. The molecule has 0 aliphatic carbocycles. The second-order valence-electron chi connectivity index (χ2n) is 3.98. The van der Waals surface area contributed by atoms with Crippen molar-refractivity contribution in [2.45, 2.75) is 12.6 Å². The predicted molar refractivity (Wildman–Crippen MR) is 75.8 cm³/mol. The van der Waals surface area contributed by atoms with E-state index in [1.807, 2.05) is 54.6 Å². The molecule has 0 aliphatic heterocycles. The van der Waals surface area contributed by atoms with Gasteiger partial charge in [0.25, 0.3) is 0 Å². The molecule has 2 nitrogen and oxygen atoms in total. The van der Waals surface area contributed by atoms with Crippen molar-refractivity contribution >= 4 is 15.9 Å². The van der Waals surface area contributed by atoms with E-state index in [9.17, 15) is 5.26 Å². The molecule has 0 bridgehead atoms. The first-order valence-electron chi connectivity index (χ1n) is 5.72. The smallest absolute Gasteiger partial charge is 0.121 e. The Hall–Kier alpha value is -1.63. The first-order chi connectivity index (χ1) is 8.79. The Bertz CT molecular complexity index is 529. The Balaban J connectivity index is 2.02. The molecule has 0 aliphatic rings. The molecule has 0 saturated heterocycles. The van der Waals surface area contributed by atoms with Crippen LogP contribution in [0.5, 0.6) is 0 Å². The highest BCUT2D eigenvalue weighted by Gasteiger charge is 2.09. The molecular weight excluding hydrogens is 288 g/mol. The molecule has 1 atom stereocenters. The summed E-state index contributed by atoms with van der Waals surface area (Å²) in [4.78, 5) is 0. The molecule has 0 spiro atoms. The van der Waals surface area contributed by atoms with Gasteiger partial charge in [-0.2, -0.15) is 5.26 Å². The van der Waals surface area contributed by atoms with Crippen molar-refractivity contribution < 1.29 is 0 Å². The van der Waals surface area contributed by atoms with Crippen molar-refractivity contribution in [1.29, 1.82) is 5.26 Å². The summed E-state index contributed by atoms with van der Waals surface area (Å²) in [5, 5.41) is 12.4. The van der Waals surface area contributed by atoms with E-state index in [0.29, 0.717) is 6.54 Å². The van der Waals surface area contributed by atoms with Gasteiger partial charge in [0.2, 0.25) is 0 Å². The van der Waals surface area contributed by atoms with Crippen LogP contribution in [0.3, 0.4) is 0 Å². The first-order valence-corrected chi connectivity index (χ1v) is 6.51. The zero-order valence-corrected chi connectivity index (χ0v) is 11.4. The van der Waals surface area contributed by atoms with Crippen LogP contribution in [0.2, 0.25) is 0 Å². The highest BCUT2D eigenvalue weighted by molar-refractivity contribution is 9.10. The van der Waals surface area contributed by atoms with E-state index >= 15 is 0 Å². The van der Waals surface area contributed by atoms with Gasteiger partial charge in [-0.15, -0.1) is 0 Å². The third-order valence-electron chi connectivity index (χ3n) is 2.69. The SMILES string of the molecule is N#CC(NCc1ccccc1)c1ccc(Br)cc1. The van der Waals surface area contributed by atoms with Crippen LogP contribution in [0.25, 0.3) is 0 Å². The molecule has 90 valence electrons. The van der Waals surface area contributed by atoms with E-state index in [4.69, 9.17) is 0 Å².